The number of amides is 1. The average molecular weight is 497 g/mol. The summed E-state index contributed by atoms with van der Waals surface area (Å²) in [5, 5.41) is 5.18. The van der Waals surface area contributed by atoms with E-state index < -0.39 is 0 Å². The van der Waals surface area contributed by atoms with Crippen molar-refractivity contribution in [1.29, 1.82) is 0 Å². The maximum absolute atomic E-state index is 13.1. The Morgan fingerprint density at radius 1 is 1.09 bits per heavy atom. The molecule has 0 spiro atoms. The maximum atomic E-state index is 13.1. The maximum Gasteiger partial charge on any atom is 0.308 e. The molecule has 7 heteroatoms. The molecule has 3 aliphatic rings. The highest BCUT2D eigenvalue weighted by Crippen LogP contribution is 2.64. The molecule has 4 nitrogen and oxygen atoms in total. The third-order valence-corrected chi connectivity index (χ3v) is 10.6. The van der Waals surface area contributed by atoms with E-state index in [0.717, 1.165) is 32.1 Å². The van der Waals surface area contributed by atoms with E-state index in [0.29, 0.717) is 17.1 Å². The Hall–Kier alpha value is -2.02. The molecule has 5 atom stereocenters. The molecule has 2 saturated carbocycles. The Balaban J connectivity index is 1.36. The Morgan fingerprint density at radius 3 is 2.58 bits per heavy atom. The molecule has 1 amide bonds. The predicted octanol–water partition coefficient (Wildman–Crippen LogP) is 6.16. The van der Waals surface area contributed by atoms with Crippen molar-refractivity contribution >= 4 is 46.3 Å². The zero-order valence-electron chi connectivity index (χ0n) is 18.3. The van der Waals surface area contributed by atoms with Crippen molar-refractivity contribution in [2.45, 2.75) is 48.9 Å². The normalized spacial score (nSPS) is 27.3. The summed E-state index contributed by atoms with van der Waals surface area (Å²) in [6.07, 6.45) is 3.86. The molecule has 2 aromatic carbocycles. The summed E-state index contributed by atoms with van der Waals surface area (Å²) in [7, 11) is 0. The summed E-state index contributed by atoms with van der Waals surface area (Å²) in [6, 6.07) is 15.9. The van der Waals surface area contributed by atoms with Crippen LogP contribution >= 0.6 is 34.7 Å². The summed E-state index contributed by atoms with van der Waals surface area (Å²) in [5.41, 5.74) is 3.13. The molecule has 1 aliphatic heterocycles. The van der Waals surface area contributed by atoms with Crippen LogP contribution in [0.5, 0.6) is 0 Å². The van der Waals surface area contributed by atoms with E-state index in [1.54, 1.807) is 4.57 Å². The van der Waals surface area contributed by atoms with E-state index in [1.165, 1.54) is 36.2 Å². The molecule has 1 aromatic heterocycles. The number of benzene rings is 2. The minimum absolute atomic E-state index is 0.0437. The van der Waals surface area contributed by atoms with E-state index in [-0.39, 0.29) is 23.2 Å². The van der Waals surface area contributed by atoms with Gasteiger partial charge in [0.25, 0.3) is 0 Å². The van der Waals surface area contributed by atoms with Crippen LogP contribution in [0, 0.1) is 24.7 Å². The number of aromatic nitrogens is 1. The average Bonchev–Trinajstić information content (AvgIpc) is 3.49. The molecule has 0 saturated heterocycles. The summed E-state index contributed by atoms with van der Waals surface area (Å²) in [5.74, 6) is 2.02. The van der Waals surface area contributed by atoms with Gasteiger partial charge in [0.2, 0.25) is 5.91 Å². The standard InChI is InChI=1S/C26H25ClN2O2S2/c1-14-2-10-19(11-3-14)28-20(30)13-29-25-24(33-26(29)31)21(15-6-8-18(27)9-7-15)22-16-4-5-17(12-16)23(22)32-25/h2-3,6-11,16-17,21-23H,4-5,12-13H2,1H3,(H,28,30)/t16-,17+,21+,22+,23+/m1/s1. The molecular formula is C26H25ClN2O2S2. The molecule has 33 heavy (non-hydrogen) atoms. The highest BCUT2D eigenvalue weighted by atomic mass is 35.5. The van der Waals surface area contributed by atoms with E-state index in [4.69, 9.17) is 11.6 Å². The number of aryl methyl sites for hydroxylation is 1. The third kappa shape index (κ3) is 3.76. The highest BCUT2D eigenvalue weighted by Gasteiger charge is 2.55. The first-order chi connectivity index (χ1) is 16.0. The van der Waals surface area contributed by atoms with Gasteiger partial charge in [-0.15, -0.1) is 11.8 Å². The SMILES string of the molecule is Cc1ccc(NC(=O)Cn2c3c(sc2=O)[C@@H](c2ccc(Cl)cc2)[C@@H]2[C@@H]4CC[C@@H](C4)[C@@H]2S3)cc1. The van der Waals surface area contributed by atoms with Gasteiger partial charge >= 0.3 is 4.87 Å². The number of rotatable bonds is 4. The van der Waals surface area contributed by atoms with Crippen LogP contribution in [0.1, 0.15) is 41.2 Å². The lowest BCUT2D eigenvalue weighted by molar-refractivity contribution is -0.116. The van der Waals surface area contributed by atoms with Crippen LogP contribution in [0.25, 0.3) is 0 Å². The summed E-state index contributed by atoms with van der Waals surface area (Å²) in [6.45, 7) is 2.06. The van der Waals surface area contributed by atoms with Crippen LogP contribution in [0.4, 0.5) is 5.69 Å². The van der Waals surface area contributed by atoms with Gasteiger partial charge in [0.15, 0.2) is 0 Å². The van der Waals surface area contributed by atoms with Crippen LogP contribution in [0.2, 0.25) is 5.02 Å². The molecule has 2 fully saturated rings. The second-order valence-corrected chi connectivity index (χ2v) is 12.2. The smallest absolute Gasteiger partial charge is 0.308 e. The van der Waals surface area contributed by atoms with Gasteiger partial charge < -0.3 is 5.32 Å². The number of nitrogens with zero attached hydrogens (tertiary/aromatic N) is 1. The molecule has 2 bridgehead atoms. The Labute approximate surface area is 206 Å². The van der Waals surface area contributed by atoms with Crippen molar-refractivity contribution in [3.05, 3.63) is 79.2 Å². The number of carbonyl (C=O) groups is 1. The second-order valence-electron chi connectivity index (χ2n) is 9.56. The van der Waals surface area contributed by atoms with Gasteiger partial charge in [-0.05, 0) is 73.8 Å². The van der Waals surface area contributed by atoms with E-state index in [2.05, 4.69) is 17.4 Å². The molecular weight excluding hydrogens is 472 g/mol. The van der Waals surface area contributed by atoms with Crippen molar-refractivity contribution in [1.82, 2.24) is 4.57 Å². The lowest BCUT2D eigenvalue weighted by Crippen LogP contribution is -2.34. The molecule has 6 rings (SSSR count). The number of nitrogens with one attached hydrogen (secondary N) is 1. The van der Waals surface area contributed by atoms with Crippen LogP contribution in [-0.2, 0) is 11.3 Å². The van der Waals surface area contributed by atoms with Gasteiger partial charge in [-0.25, -0.2) is 0 Å². The molecule has 0 unspecified atom stereocenters. The first-order valence-electron chi connectivity index (χ1n) is 11.5. The van der Waals surface area contributed by atoms with Gasteiger partial charge in [-0.3, -0.25) is 14.2 Å². The predicted molar refractivity (Wildman–Crippen MR) is 136 cm³/mol. The first kappa shape index (κ1) is 21.5. The Morgan fingerprint density at radius 2 is 1.82 bits per heavy atom. The molecule has 170 valence electrons. The van der Waals surface area contributed by atoms with Crippen LogP contribution < -0.4 is 10.2 Å². The summed E-state index contributed by atoms with van der Waals surface area (Å²) in [4.78, 5) is 27.1. The zero-order chi connectivity index (χ0) is 22.7. The molecule has 3 aromatic rings. The van der Waals surface area contributed by atoms with Crippen LogP contribution in [-0.4, -0.2) is 15.7 Å². The molecule has 0 radical (unpaired) electrons. The number of fused-ring (bicyclic) bond motifs is 6. The summed E-state index contributed by atoms with van der Waals surface area (Å²) >= 11 is 9.37. The highest BCUT2D eigenvalue weighted by molar-refractivity contribution is 8.00. The van der Waals surface area contributed by atoms with E-state index in [1.807, 2.05) is 55.1 Å². The number of carbonyl (C=O) groups excluding carboxylic acids is 1. The van der Waals surface area contributed by atoms with Crippen molar-refractivity contribution in [2.75, 3.05) is 5.32 Å². The molecule has 2 heterocycles. The topological polar surface area (TPSA) is 51.1 Å². The van der Waals surface area contributed by atoms with Crippen LogP contribution in [0.15, 0.2) is 58.4 Å². The quantitative estimate of drug-likeness (QED) is 0.470. The van der Waals surface area contributed by atoms with Gasteiger partial charge in [-0.2, -0.15) is 0 Å². The number of anilines is 1. The van der Waals surface area contributed by atoms with Gasteiger partial charge in [0.1, 0.15) is 6.54 Å². The first-order valence-corrected chi connectivity index (χ1v) is 13.6. The minimum Gasteiger partial charge on any atom is -0.325 e. The van der Waals surface area contributed by atoms with Crippen molar-refractivity contribution in [3.8, 4) is 0 Å². The largest absolute Gasteiger partial charge is 0.325 e. The van der Waals surface area contributed by atoms with Crippen molar-refractivity contribution in [2.24, 2.45) is 17.8 Å². The third-order valence-electron chi connectivity index (χ3n) is 7.56. The van der Waals surface area contributed by atoms with Gasteiger partial charge in [0, 0.05) is 26.8 Å². The lowest BCUT2D eigenvalue weighted by atomic mass is 9.75. The van der Waals surface area contributed by atoms with Gasteiger partial charge in [0.05, 0.1) is 5.03 Å². The van der Waals surface area contributed by atoms with Crippen molar-refractivity contribution in [3.63, 3.8) is 0 Å². The van der Waals surface area contributed by atoms with Crippen LogP contribution in [0.3, 0.4) is 0 Å². The Kier molecular flexibility index (Phi) is 5.43. The monoisotopic (exact) mass is 496 g/mol. The number of halogens is 1. The zero-order valence-corrected chi connectivity index (χ0v) is 20.7. The summed E-state index contributed by atoms with van der Waals surface area (Å²) < 4.78 is 1.71. The fourth-order valence-electron chi connectivity index (χ4n) is 6.11. The number of thiazole rings is 1. The number of hydrogen-bond donors (Lipinski definition) is 1. The fourth-order valence-corrected chi connectivity index (χ4v) is 9.39. The van der Waals surface area contributed by atoms with Crippen molar-refractivity contribution < 1.29 is 4.79 Å². The number of hydrogen-bond acceptors (Lipinski definition) is 4. The molecule has 1 N–H and O–H groups in total. The van der Waals surface area contributed by atoms with Gasteiger partial charge in [-0.1, -0.05) is 52.8 Å². The Bertz CT molecular complexity index is 1260. The van der Waals surface area contributed by atoms with E-state index >= 15 is 0 Å². The van der Waals surface area contributed by atoms with E-state index in [9.17, 15) is 9.59 Å². The second kappa shape index (κ2) is 8.33. The molecule has 2 aliphatic carbocycles. The lowest BCUT2D eigenvalue weighted by Gasteiger charge is -2.40. The minimum atomic E-state index is -0.166. The number of thioether (sulfide) groups is 1. The fraction of sp³-hybridized carbons (Fsp3) is 0.385.